The Morgan fingerprint density at radius 1 is 1.35 bits per heavy atom. The number of fused-ring (bicyclic) bond motifs is 4. The van der Waals surface area contributed by atoms with E-state index >= 15 is 0 Å². The Morgan fingerprint density at radius 2 is 2.12 bits per heavy atom. The van der Waals surface area contributed by atoms with E-state index in [0.717, 1.165) is 4.57 Å². The molecule has 0 spiro atoms. The van der Waals surface area contributed by atoms with Crippen LogP contribution >= 0.6 is 0 Å². The molecule has 1 fully saturated rings. The number of hydrogen-bond donors (Lipinski definition) is 4. The van der Waals surface area contributed by atoms with Crippen molar-refractivity contribution in [2.24, 2.45) is 0 Å². The first-order valence-electron chi connectivity index (χ1n) is 5.19. The molecule has 4 atom stereocenters. The first-order valence-corrected chi connectivity index (χ1v) is 5.19. The molecule has 0 aromatic carbocycles. The summed E-state index contributed by atoms with van der Waals surface area (Å²) in [5, 5.41) is 22.3. The largest absolute Gasteiger partial charge is 0.387 e. The van der Waals surface area contributed by atoms with Crippen molar-refractivity contribution in [2.45, 2.75) is 24.5 Å². The molecule has 8 nitrogen and oxygen atoms in total. The van der Waals surface area contributed by atoms with Crippen molar-refractivity contribution >= 4 is 5.82 Å². The minimum Gasteiger partial charge on any atom is -0.387 e. The number of aromatic nitrogens is 2. The minimum atomic E-state index is -1.19. The lowest BCUT2D eigenvalue weighted by Crippen LogP contribution is -2.41. The zero-order chi connectivity index (χ0) is 12.2. The van der Waals surface area contributed by atoms with E-state index in [4.69, 9.17) is 4.74 Å². The topological polar surface area (TPSA) is 117 Å². The number of nitrogens with zero attached hydrogens (tertiary/aromatic N) is 1. The van der Waals surface area contributed by atoms with Gasteiger partial charge in [-0.1, -0.05) is 0 Å². The van der Waals surface area contributed by atoms with E-state index in [1.165, 1.54) is 6.07 Å². The van der Waals surface area contributed by atoms with Gasteiger partial charge in [-0.25, -0.2) is 9.36 Å². The molecule has 0 aliphatic carbocycles. The molecule has 0 amide bonds. The van der Waals surface area contributed by atoms with Crippen LogP contribution in [-0.2, 0) is 4.74 Å². The molecule has 3 rings (SSSR count). The number of ether oxygens (including phenoxy) is 1. The van der Waals surface area contributed by atoms with Gasteiger partial charge < -0.3 is 20.3 Å². The smallest absolute Gasteiger partial charge is 0.332 e. The lowest BCUT2D eigenvalue weighted by molar-refractivity contribution is -0.0308. The fourth-order valence-corrected chi connectivity index (χ4v) is 2.21. The molecule has 2 aliphatic rings. The maximum atomic E-state index is 11.7. The summed E-state index contributed by atoms with van der Waals surface area (Å²) in [7, 11) is 0. The van der Waals surface area contributed by atoms with Crippen LogP contribution in [0.5, 0.6) is 0 Å². The first kappa shape index (κ1) is 10.5. The van der Waals surface area contributed by atoms with Crippen LogP contribution in [-0.4, -0.2) is 44.6 Å². The number of nitrogens with one attached hydrogen (secondary N) is 2. The molecule has 0 saturated carbocycles. The first-order chi connectivity index (χ1) is 8.08. The monoisotopic (exact) mass is 241 g/mol. The standard InChI is InChI=1S/C9H11N3O5/c13-5-1-4-10-2-3-6(14)7(15)8(17-3)12(4)9(16)11-5/h1,3,6-8,10,14-15H,2H2,(H,11,13,16)/t3-,6?,7?,8-/m1/s1. The second-order valence-electron chi connectivity index (χ2n) is 4.12. The Kier molecular flexibility index (Phi) is 2.12. The highest BCUT2D eigenvalue weighted by atomic mass is 16.6. The van der Waals surface area contributed by atoms with Crippen LogP contribution in [0.3, 0.4) is 0 Å². The van der Waals surface area contributed by atoms with Crippen molar-refractivity contribution in [1.29, 1.82) is 0 Å². The van der Waals surface area contributed by atoms with Crippen LogP contribution in [0.4, 0.5) is 5.82 Å². The molecular weight excluding hydrogens is 230 g/mol. The number of anilines is 1. The number of hydrogen-bond acceptors (Lipinski definition) is 6. The summed E-state index contributed by atoms with van der Waals surface area (Å²) >= 11 is 0. The predicted octanol–water partition coefficient (Wildman–Crippen LogP) is -2.42. The molecule has 2 bridgehead atoms. The zero-order valence-corrected chi connectivity index (χ0v) is 8.66. The Morgan fingerprint density at radius 3 is 2.88 bits per heavy atom. The summed E-state index contributed by atoms with van der Waals surface area (Å²) in [6.45, 7) is 0.220. The van der Waals surface area contributed by atoms with Gasteiger partial charge >= 0.3 is 5.69 Å². The molecule has 4 N–H and O–H groups in total. The number of H-pyrrole nitrogens is 1. The Hall–Kier alpha value is -1.64. The third-order valence-corrected chi connectivity index (χ3v) is 3.05. The van der Waals surface area contributed by atoms with E-state index in [9.17, 15) is 19.8 Å². The van der Waals surface area contributed by atoms with E-state index in [-0.39, 0.29) is 12.4 Å². The molecule has 2 unspecified atom stereocenters. The molecule has 0 radical (unpaired) electrons. The third-order valence-electron chi connectivity index (χ3n) is 3.05. The molecule has 1 aromatic rings. The SMILES string of the molecule is O=c1cc2n(c(=O)[nH]1)[C@@H]1O[C@H](CN2)C(O)C1O. The van der Waals surface area contributed by atoms with Gasteiger partial charge in [0.2, 0.25) is 0 Å². The zero-order valence-electron chi connectivity index (χ0n) is 8.66. The van der Waals surface area contributed by atoms with Crippen molar-refractivity contribution < 1.29 is 14.9 Å². The summed E-state index contributed by atoms with van der Waals surface area (Å²) in [4.78, 5) is 24.9. The summed E-state index contributed by atoms with van der Waals surface area (Å²) in [6.07, 6.45) is -3.84. The maximum Gasteiger partial charge on any atom is 0.332 e. The molecule has 3 heterocycles. The van der Waals surface area contributed by atoms with Crippen LogP contribution in [0, 0.1) is 0 Å². The fourth-order valence-electron chi connectivity index (χ4n) is 2.21. The van der Waals surface area contributed by atoms with Crippen molar-refractivity contribution in [2.75, 3.05) is 11.9 Å². The van der Waals surface area contributed by atoms with Gasteiger partial charge in [0.25, 0.3) is 5.56 Å². The fraction of sp³-hybridized carbons (Fsp3) is 0.556. The van der Waals surface area contributed by atoms with Crippen LogP contribution in [0.25, 0.3) is 0 Å². The van der Waals surface area contributed by atoms with E-state index in [1.807, 2.05) is 0 Å². The van der Waals surface area contributed by atoms with Crippen molar-refractivity contribution in [1.82, 2.24) is 9.55 Å². The summed E-state index contributed by atoms with van der Waals surface area (Å²) < 4.78 is 6.47. The highest BCUT2D eigenvalue weighted by Crippen LogP contribution is 2.32. The molecule has 2 aliphatic heterocycles. The average molecular weight is 241 g/mol. The molecule has 1 aromatic heterocycles. The second-order valence-corrected chi connectivity index (χ2v) is 4.12. The van der Waals surface area contributed by atoms with Gasteiger partial charge in [0.1, 0.15) is 24.1 Å². The van der Waals surface area contributed by atoms with Crippen LogP contribution < -0.4 is 16.6 Å². The van der Waals surface area contributed by atoms with Crippen LogP contribution in [0.2, 0.25) is 0 Å². The van der Waals surface area contributed by atoms with Gasteiger partial charge in [0.15, 0.2) is 6.23 Å². The number of rotatable bonds is 0. The van der Waals surface area contributed by atoms with Gasteiger partial charge in [-0.3, -0.25) is 9.78 Å². The van der Waals surface area contributed by atoms with Crippen molar-refractivity contribution in [3.63, 3.8) is 0 Å². The average Bonchev–Trinajstić information content (AvgIpc) is 2.49. The number of aromatic amines is 1. The van der Waals surface area contributed by atoms with Crippen LogP contribution in [0.15, 0.2) is 15.7 Å². The van der Waals surface area contributed by atoms with Crippen molar-refractivity contribution in [3.8, 4) is 0 Å². The third kappa shape index (κ3) is 1.42. The van der Waals surface area contributed by atoms with Gasteiger partial charge in [-0.15, -0.1) is 0 Å². The van der Waals surface area contributed by atoms with Gasteiger partial charge in [0.05, 0.1) is 0 Å². The quantitative estimate of drug-likeness (QED) is 0.401. The normalized spacial score (nSPS) is 34.9. The predicted molar refractivity (Wildman–Crippen MR) is 55.7 cm³/mol. The van der Waals surface area contributed by atoms with Gasteiger partial charge in [-0.2, -0.15) is 0 Å². The summed E-state index contributed by atoms with van der Waals surface area (Å²) in [6, 6.07) is 1.21. The Balaban J connectivity index is 2.20. The lowest BCUT2D eigenvalue weighted by Gasteiger charge is -2.21. The van der Waals surface area contributed by atoms with E-state index < -0.39 is 35.8 Å². The molecule has 17 heavy (non-hydrogen) atoms. The summed E-state index contributed by atoms with van der Waals surface area (Å²) in [5.41, 5.74) is -1.21. The molecular formula is C9H11N3O5. The minimum absolute atomic E-state index is 0.220. The van der Waals surface area contributed by atoms with E-state index in [0.29, 0.717) is 0 Å². The Bertz CT molecular complexity index is 564. The molecule has 8 heteroatoms. The van der Waals surface area contributed by atoms with Crippen LogP contribution in [0.1, 0.15) is 6.23 Å². The van der Waals surface area contributed by atoms with Crippen molar-refractivity contribution in [3.05, 3.63) is 26.9 Å². The Labute approximate surface area is 94.5 Å². The molecule has 92 valence electrons. The highest BCUT2D eigenvalue weighted by Gasteiger charge is 2.46. The van der Waals surface area contributed by atoms with E-state index in [1.54, 1.807) is 0 Å². The number of aliphatic hydroxyl groups is 2. The maximum absolute atomic E-state index is 11.7. The van der Waals surface area contributed by atoms with Gasteiger partial charge in [-0.05, 0) is 0 Å². The lowest BCUT2D eigenvalue weighted by atomic mass is 10.1. The highest BCUT2D eigenvalue weighted by molar-refractivity contribution is 5.36. The number of aliphatic hydroxyl groups excluding tert-OH is 2. The van der Waals surface area contributed by atoms with Gasteiger partial charge in [0, 0.05) is 12.6 Å². The summed E-state index contributed by atoms with van der Waals surface area (Å²) in [5.74, 6) is 0.275. The van der Waals surface area contributed by atoms with E-state index in [2.05, 4.69) is 10.3 Å². The second kappa shape index (κ2) is 3.42. The molecule has 1 saturated heterocycles.